The molecule has 70 valence electrons. The SMILES string of the molecule is CCOC(=O)c1cn2c(n1)CCS2. The van der Waals surface area contributed by atoms with Crippen LogP contribution in [0.25, 0.3) is 0 Å². The molecule has 0 N–H and O–H groups in total. The molecule has 2 rings (SSSR count). The molecule has 0 unspecified atom stereocenters. The molecule has 0 saturated heterocycles. The van der Waals surface area contributed by atoms with Crippen LogP contribution in [0.3, 0.4) is 0 Å². The van der Waals surface area contributed by atoms with E-state index >= 15 is 0 Å². The number of nitrogens with zero attached hydrogens (tertiary/aromatic N) is 2. The Morgan fingerprint density at radius 3 is 3.38 bits per heavy atom. The quantitative estimate of drug-likeness (QED) is 0.668. The third kappa shape index (κ3) is 1.56. The third-order valence-electron chi connectivity index (χ3n) is 1.78. The van der Waals surface area contributed by atoms with Gasteiger partial charge in [-0.15, -0.1) is 0 Å². The maximum Gasteiger partial charge on any atom is 0.358 e. The van der Waals surface area contributed by atoms with Gasteiger partial charge in [0.25, 0.3) is 0 Å². The molecular formula is C8H10N2O2S. The fraction of sp³-hybridized carbons (Fsp3) is 0.500. The second-order valence-corrected chi connectivity index (χ2v) is 3.73. The normalized spacial score (nSPS) is 14.2. The number of aryl methyl sites for hydroxylation is 1. The predicted molar refractivity (Wildman–Crippen MR) is 49.7 cm³/mol. The average Bonchev–Trinajstić information content (AvgIpc) is 2.61. The van der Waals surface area contributed by atoms with Crippen molar-refractivity contribution in [1.29, 1.82) is 0 Å². The Labute approximate surface area is 80.4 Å². The highest BCUT2D eigenvalue weighted by atomic mass is 32.2. The summed E-state index contributed by atoms with van der Waals surface area (Å²) in [7, 11) is 0. The first-order chi connectivity index (χ1) is 6.31. The first kappa shape index (κ1) is 8.62. The van der Waals surface area contributed by atoms with Crippen LogP contribution < -0.4 is 0 Å². The van der Waals surface area contributed by atoms with Gasteiger partial charge >= 0.3 is 5.97 Å². The van der Waals surface area contributed by atoms with Gasteiger partial charge in [0.15, 0.2) is 5.69 Å². The smallest absolute Gasteiger partial charge is 0.358 e. The zero-order valence-corrected chi connectivity index (χ0v) is 8.13. The molecule has 0 amide bonds. The Bertz CT molecular complexity index is 313. The lowest BCUT2D eigenvalue weighted by molar-refractivity contribution is 0.0520. The van der Waals surface area contributed by atoms with Crippen molar-refractivity contribution in [3.8, 4) is 0 Å². The molecule has 0 spiro atoms. The summed E-state index contributed by atoms with van der Waals surface area (Å²) in [5, 5.41) is 0. The van der Waals surface area contributed by atoms with Crippen molar-refractivity contribution in [2.45, 2.75) is 13.3 Å². The lowest BCUT2D eigenvalue weighted by Crippen LogP contribution is -2.05. The number of imidazole rings is 1. The summed E-state index contributed by atoms with van der Waals surface area (Å²) in [5.41, 5.74) is 0.420. The summed E-state index contributed by atoms with van der Waals surface area (Å²) in [6.45, 7) is 2.19. The summed E-state index contributed by atoms with van der Waals surface area (Å²) in [6.07, 6.45) is 2.68. The van der Waals surface area contributed by atoms with Gasteiger partial charge in [-0.25, -0.2) is 9.78 Å². The summed E-state index contributed by atoms with van der Waals surface area (Å²) in [5.74, 6) is 1.68. The highest BCUT2D eigenvalue weighted by molar-refractivity contribution is 7.98. The Morgan fingerprint density at radius 2 is 2.69 bits per heavy atom. The van der Waals surface area contributed by atoms with E-state index in [0.29, 0.717) is 12.3 Å². The third-order valence-corrected chi connectivity index (χ3v) is 2.77. The molecule has 0 aromatic carbocycles. The number of fused-ring (bicyclic) bond motifs is 1. The molecule has 1 aliphatic rings. The van der Waals surface area contributed by atoms with Crippen LogP contribution in [-0.4, -0.2) is 27.3 Å². The van der Waals surface area contributed by atoms with Crippen LogP contribution in [0.2, 0.25) is 0 Å². The fourth-order valence-corrected chi connectivity index (χ4v) is 2.15. The van der Waals surface area contributed by atoms with Crippen molar-refractivity contribution >= 4 is 17.9 Å². The molecule has 0 saturated carbocycles. The second-order valence-electron chi connectivity index (χ2n) is 2.67. The van der Waals surface area contributed by atoms with E-state index in [9.17, 15) is 4.79 Å². The molecule has 1 aromatic heterocycles. The summed E-state index contributed by atoms with van der Waals surface area (Å²) in [6, 6.07) is 0. The lowest BCUT2D eigenvalue weighted by Gasteiger charge is -1.96. The van der Waals surface area contributed by atoms with Crippen LogP contribution in [0, 0.1) is 0 Å². The van der Waals surface area contributed by atoms with Crippen molar-refractivity contribution in [2.24, 2.45) is 0 Å². The number of aromatic nitrogens is 2. The largest absolute Gasteiger partial charge is 0.461 e. The van der Waals surface area contributed by atoms with E-state index in [0.717, 1.165) is 18.0 Å². The molecule has 0 aliphatic carbocycles. The molecule has 1 aromatic rings. The molecule has 13 heavy (non-hydrogen) atoms. The van der Waals surface area contributed by atoms with Crippen molar-refractivity contribution in [3.05, 3.63) is 17.7 Å². The van der Waals surface area contributed by atoms with Gasteiger partial charge in [-0.3, -0.25) is 3.97 Å². The van der Waals surface area contributed by atoms with Crippen molar-refractivity contribution in [1.82, 2.24) is 8.96 Å². The molecular weight excluding hydrogens is 188 g/mol. The van der Waals surface area contributed by atoms with Gasteiger partial charge in [0.05, 0.1) is 12.8 Å². The van der Waals surface area contributed by atoms with Crippen molar-refractivity contribution < 1.29 is 9.53 Å². The van der Waals surface area contributed by atoms with Crippen LogP contribution in [0.5, 0.6) is 0 Å². The minimum absolute atomic E-state index is 0.329. The molecule has 0 radical (unpaired) electrons. The van der Waals surface area contributed by atoms with Crippen LogP contribution in [0.15, 0.2) is 6.20 Å². The Kier molecular flexibility index (Phi) is 2.26. The number of hydrogen-bond donors (Lipinski definition) is 0. The van der Waals surface area contributed by atoms with Crippen molar-refractivity contribution in [3.63, 3.8) is 0 Å². The van der Waals surface area contributed by atoms with Gasteiger partial charge in [0.2, 0.25) is 0 Å². The highest BCUT2D eigenvalue weighted by Crippen LogP contribution is 2.21. The predicted octanol–water partition coefficient (Wildman–Crippen LogP) is 1.11. The monoisotopic (exact) mass is 198 g/mol. The Balaban J connectivity index is 2.18. The molecule has 0 bridgehead atoms. The van der Waals surface area contributed by atoms with Crippen molar-refractivity contribution in [2.75, 3.05) is 12.4 Å². The number of ether oxygens (including phenoxy) is 1. The fourth-order valence-electron chi connectivity index (χ4n) is 1.22. The molecule has 1 aliphatic heterocycles. The zero-order chi connectivity index (χ0) is 9.26. The van der Waals surface area contributed by atoms with Crippen LogP contribution in [0.4, 0.5) is 0 Å². The topological polar surface area (TPSA) is 44.1 Å². The molecule has 5 heteroatoms. The first-order valence-electron chi connectivity index (χ1n) is 4.20. The number of rotatable bonds is 2. The maximum absolute atomic E-state index is 11.2. The van der Waals surface area contributed by atoms with Gasteiger partial charge in [0, 0.05) is 12.2 Å². The Hall–Kier alpha value is -0.970. The molecule has 0 fully saturated rings. The van der Waals surface area contributed by atoms with E-state index in [1.165, 1.54) is 0 Å². The van der Waals surface area contributed by atoms with Gasteiger partial charge in [-0.2, -0.15) is 0 Å². The summed E-state index contributed by atoms with van der Waals surface area (Å²) < 4.78 is 6.78. The van der Waals surface area contributed by atoms with E-state index in [2.05, 4.69) is 4.98 Å². The van der Waals surface area contributed by atoms with E-state index < -0.39 is 0 Å². The number of carbonyl (C=O) groups is 1. The van der Waals surface area contributed by atoms with Gasteiger partial charge in [-0.1, -0.05) is 0 Å². The van der Waals surface area contributed by atoms with E-state index in [1.54, 1.807) is 25.1 Å². The molecule has 0 atom stereocenters. The molecule has 4 nitrogen and oxygen atoms in total. The number of esters is 1. The first-order valence-corrected chi connectivity index (χ1v) is 5.14. The van der Waals surface area contributed by atoms with Crippen LogP contribution >= 0.6 is 11.9 Å². The van der Waals surface area contributed by atoms with E-state index in [4.69, 9.17) is 4.74 Å². The zero-order valence-electron chi connectivity index (χ0n) is 7.32. The summed E-state index contributed by atoms with van der Waals surface area (Å²) >= 11 is 1.67. The van der Waals surface area contributed by atoms with E-state index in [-0.39, 0.29) is 5.97 Å². The maximum atomic E-state index is 11.2. The van der Waals surface area contributed by atoms with Gasteiger partial charge in [-0.05, 0) is 18.9 Å². The van der Waals surface area contributed by atoms with Gasteiger partial charge in [0.1, 0.15) is 5.82 Å². The van der Waals surface area contributed by atoms with Gasteiger partial charge < -0.3 is 4.74 Å². The Morgan fingerprint density at radius 1 is 1.85 bits per heavy atom. The minimum Gasteiger partial charge on any atom is -0.461 e. The lowest BCUT2D eigenvalue weighted by atomic mass is 10.4. The number of hydrogen-bond acceptors (Lipinski definition) is 4. The minimum atomic E-state index is -0.329. The molecule has 2 heterocycles. The van der Waals surface area contributed by atoms with Crippen LogP contribution in [-0.2, 0) is 11.2 Å². The average molecular weight is 198 g/mol. The van der Waals surface area contributed by atoms with E-state index in [1.807, 2.05) is 3.97 Å². The number of carbonyl (C=O) groups excluding carboxylic acids is 1. The summed E-state index contributed by atoms with van der Waals surface area (Å²) in [4.78, 5) is 15.4. The standard InChI is InChI=1S/C8H10N2O2S/c1-2-12-8(11)6-5-10-7(9-6)3-4-13-10/h5H,2-4H2,1H3. The van der Waals surface area contributed by atoms with Crippen LogP contribution in [0.1, 0.15) is 23.2 Å². The second kappa shape index (κ2) is 3.41. The highest BCUT2D eigenvalue weighted by Gasteiger charge is 2.18.